The fraction of sp³-hybridized carbons (Fsp3) is 0.500. The standard InChI is InChI=1S/C14H19Cl2NO3/c1-9(20-3)14(18)17-13(6-7-19-2)10-4-5-11(15)12(16)8-10/h4-5,8-9,13H,6-7H2,1-3H3,(H,17,18)/t9-,13+/m0/s1. The maximum Gasteiger partial charge on any atom is 0.249 e. The molecule has 0 aromatic heterocycles. The minimum Gasteiger partial charge on any atom is -0.385 e. The van der Waals surface area contributed by atoms with Crippen LogP contribution in [0, 0.1) is 0 Å². The van der Waals surface area contributed by atoms with E-state index in [1.807, 2.05) is 6.07 Å². The highest BCUT2D eigenvalue weighted by atomic mass is 35.5. The number of rotatable bonds is 7. The van der Waals surface area contributed by atoms with Crippen LogP contribution < -0.4 is 5.32 Å². The summed E-state index contributed by atoms with van der Waals surface area (Å²) < 4.78 is 10.1. The minimum absolute atomic E-state index is 0.181. The molecule has 0 aliphatic rings. The summed E-state index contributed by atoms with van der Waals surface area (Å²) in [5.41, 5.74) is 0.883. The molecule has 1 amide bonds. The topological polar surface area (TPSA) is 47.6 Å². The monoisotopic (exact) mass is 319 g/mol. The first kappa shape index (κ1) is 17.2. The molecule has 1 aromatic rings. The van der Waals surface area contributed by atoms with Crippen LogP contribution >= 0.6 is 23.2 Å². The molecule has 0 aliphatic carbocycles. The van der Waals surface area contributed by atoms with E-state index in [2.05, 4.69) is 5.32 Å². The Morgan fingerprint density at radius 2 is 2.00 bits per heavy atom. The first-order valence-electron chi connectivity index (χ1n) is 6.26. The molecule has 0 spiro atoms. The molecule has 112 valence electrons. The van der Waals surface area contributed by atoms with E-state index >= 15 is 0 Å². The number of methoxy groups -OCH3 is 2. The quantitative estimate of drug-likeness (QED) is 0.839. The Morgan fingerprint density at radius 3 is 2.55 bits per heavy atom. The zero-order chi connectivity index (χ0) is 15.1. The van der Waals surface area contributed by atoms with Crippen LogP contribution in [0.1, 0.15) is 24.9 Å². The number of ether oxygens (including phenoxy) is 2. The van der Waals surface area contributed by atoms with Crippen LogP contribution in [0.2, 0.25) is 10.0 Å². The van der Waals surface area contributed by atoms with Crippen molar-refractivity contribution in [1.29, 1.82) is 0 Å². The van der Waals surface area contributed by atoms with Gasteiger partial charge in [0.1, 0.15) is 6.10 Å². The molecule has 0 fully saturated rings. The van der Waals surface area contributed by atoms with E-state index in [9.17, 15) is 4.79 Å². The number of carbonyl (C=O) groups is 1. The largest absolute Gasteiger partial charge is 0.385 e. The van der Waals surface area contributed by atoms with Crippen molar-refractivity contribution in [2.75, 3.05) is 20.8 Å². The average molecular weight is 320 g/mol. The molecule has 0 saturated heterocycles. The van der Waals surface area contributed by atoms with Crippen molar-refractivity contribution in [2.45, 2.75) is 25.5 Å². The fourth-order valence-corrected chi connectivity index (χ4v) is 1.99. The molecule has 0 radical (unpaired) electrons. The summed E-state index contributed by atoms with van der Waals surface area (Å²) >= 11 is 11.9. The van der Waals surface area contributed by atoms with Crippen molar-refractivity contribution in [1.82, 2.24) is 5.32 Å². The van der Waals surface area contributed by atoms with E-state index in [-0.39, 0.29) is 11.9 Å². The van der Waals surface area contributed by atoms with Crippen molar-refractivity contribution < 1.29 is 14.3 Å². The normalized spacial score (nSPS) is 13.8. The Kier molecular flexibility index (Phi) is 7.30. The molecule has 0 bridgehead atoms. The molecule has 20 heavy (non-hydrogen) atoms. The van der Waals surface area contributed by atoms with Crippen molar-refractivity contribution in [2.24, 2.45) is 0 Å². The molecular formula is C14H19Cl2NO3. The third-order valence-corrected chi connectivity index (χ3v) is 3.73. The molecule has 1 N–H and O–H groups in total. The fourth-order valence-electron chi connectivity index (χ4n) is 1.68. The summed E-state index contributed by atoms with van der Waals surface area (Å²) in [5, 5.41) is 3.86. The Balaban J connectivity index is 2.87. The van der Waals surface area contributed by atoms with Gasteiger partial charge in [0, 0.05) is 20.8 Å². The molecular weight excluding hydrogens is 301 g/mol. The lowest BCUT2D eigenvalue weighted by atomic mass is 10.0. The van der Waals surface area contributed by atoms with E-state index in [1.54, 1.807) is 26.2 Å². The van der Waals surface area contributed by atoms with Crippen LogP contribution in [-0.4, -0.2) is 32.8 Å². The SMILES string of the molecule is COCC[C@@H](NC(=O)[C@H](C)OC)c1ccc(Cl)c(Cl)c1. The van der Waals surface area contributed by atoms with Crippen LogP contribution in [0.3, 0.4) is 0 Å². The number of hydrogen-bond donors (Lipinski definition) is 1. The zero-order valence-corrected chi connectivity index (χ0v) is 13.3. The number of amides is 1. The van der Waals surface area contributed by atoms with Gasteiger partial charge in [-0.25, -0.2) is 0 Å². The van der Waals surface area contributed by atoms with Crippen LogP contribution in [-0.2, 0) is 14.3 Å². The number of benzene rings is 1. The molecule has 0 heterocycles. The lowest BCUT2D eigenvalue weighted by Gasteiger charge is -2.21. The van der Waals surface area contributed by atoms with E-state index in [0.29, 0.717) is 23.1 Å². The lowest BCUT2D eigenvalue weighted by Crippen LogP contribution is -2.37. The van der Waals surface area contributed by atoms with Crippen LogP contribution in [0.5, 0.6) is 0 Å². The molecule has 1 aromatic carbocycles. The highest BCUT2D eigenvalue weighted by Gasteiger charge is 2.19. The summed E-state index contributed by atoms with van der Waals surface area (Å²) in [4.78, 5) is 11.9. The van der Waals surface area contributed by atoms with Gasteiger partial charge in [0.25, 0.3) is 0 Å². The summed E-state index contributed by atoms with van der Waals surface area (Å²) in [5.74, 6) is -0.181. The van der Waals surface area contributed by atoms with Crippen molar-refractivity contribution >= 4 is 29.1 Å². The van der Waals surface area contributed by atoms with Gasteiger partial charge in [-0.2, -0.15) is 0 Å². The minimum atomic E-state index is -0.511. The van der Waals surface area contributed by atoms with Crippen molar-refractivity contribution in [3.05, 3.63) is 33.8 Å². The number of nitrogens with one attached hydrogen (secondary N) is 1. The van der Waals surface area contributed by atoms with E-state index < -0.39 is 6.10 Å². The Hall–Kier alpha value is -0.810. The maximum absolute atomic E-state index is 11.9. The Bertz CT molecular complexity index is 454. The molecule has 4 nitrogen and oxygen atoms in total. The molecule has 0 unspecified atom stereocenters. The average Bonchev–Trinajstić information content (AvgIpc) is 2.45. The third kappa shape index (κ3) is 4.94. The second-order valence-corrected chi connectivity index (χ2v) is 5.21. The molecule has 1 rings (SSSR count). The Morgan fingerprint density at radius 1 is 1.30 bits per heavy atom. The van der Waals surface area contributed by atoms with Gasteiger partial charge in [0.2, 0.25) is 5.91 Å². The van der Waals surface area contributed by atoms with Gasteiger partial charge in [-0.05, 0) is 31.0 Å². The summed E-state index contributed by atoms with van der Waals surface area (Å²) in [6.45, 7) is 2.21. The predicted octanol–water partition coefficient (Wildman–Crippen LogP) is 3.22. The second-order valence-electron chi connectivity index (χ2n) is 4.39. The summed E-state index contributed by atoms with van der Waals surface area (Å²) in [7, 11) is 3.11. The Labute approximate surface area is 129 Å². The number of halogens is 2. The molecule has 2 atom stereocenters. The summed E-state index contributed by atoms with van der Waals surface area (Å²) in [6, 6.07) is 5.11. The van der Waals surface area contributed by atoms with E-state index in [1.165, 1.54) is 7.11 Å². The third-order valence-electron chi connectivity index (χ3n) is 3.00. The second kappa shape index (κ2) is 8.47. The van der Waals surface area contributed by atoms with E-state index in [4.69, 9.17) is 32.7 Å². The predicted molar refractivity (Wildman–Crippen MR) is 80.3 cm³/mol. The first-order chi connectivity index (χ1) is 9.49. The number of hydrogen-bond acceptors (Lipinski definition) is 3. The van der Waals surface area contributed by atoms with Gasteiger partial charge in [-0.15, -0.1) is 0 Å². The lowest BCUT2D eigenvalue weighted by molar-refractivity contribution is -0.131. The van der Waals surface area contributed by atoms with Gasteiger partial charge in [0.15, 0.2) is 0 Å². The number of carbonyl (C=O) groups excluding carboxylic acids is 1. The smallest absolute Gasteiger partial charge is 0.249 e. The molecule has 0 aliphatic heterocycles. The molecule has 6 heteroatoms. The van der Waals surface area contributed by atoms with Gasteiger partial charge < -0.3 is 14.8 Å². The van der Waals surface area contributed by atoms with Crippen LogP contribution in [0.15, 0.2) is 18.2 Å². The van der Waals surface area contributed by atoms with Gasteiger partial charge in [-0.1, -0.05) is 29.3 Å². The highest BCUT2D eigenvalue weighted by molar-refractivity contribution is 6.42. The van der Waals surface area contributed by atoms with Gasteiger partial charge >= 0.3 is 0 Å². The van der Waals surface area contributed by atoms with Gasteiger partial charge in [-0.3, -0.25) is 4.79 Å². The van der Waals surface area contributed by atoms with Crippen molar-refractivity contribution in [3.63, 3.8) is 0 Å². The van der Waals surface area contributed by atoms with Crippen molar-refractivity contribution in [3.8, 4) is 0 Å². The zero-order valence-electron chi connectivity index (χ0n) is 11.8. The summed E-state index contributed by atoms with van der Waals surface area (Å²) in [6.07, 6.45) is 0.124. The van der Waals surface area contributed by atoms with Gasteiger partial charge in [0.05, 0.1) is 16.1 Å². The van der Waals surface area contributed by atoms with Crippen LogP contribution in [0.25, 0.3) is 0 Å². The van der Waals surface area contributed by atoms with E-state index in [0.717, 1.165) is 5.56 Å². The molecule has 0 saturated carbocycles. The van der Waals surface area contributed by atoms with Crippen LogP contribution in [0.4, 0.5) is 0 Å². The highest BCUT2D eigenvalue weighted by Crippen LogP contribution is 2.27. The first-order valence-corrected chi connectivity index (χ1v) is 7.02. The maximum atomic E-state index is 11.9.